The van der Waals surface area contributed by atoms with Crippen molar-refractivity contribution in [3.8, 4) is 5.69 Å². The highest BCUT2D eigenvalue weighted by Gasteiger charge is 2.28. The zero-order valence-corrected chi connectivity index (χ0v) is 15.8. The smallest absolute Gasteiger partial charge is 0.133 e. The SMILES string of the molecule is CN1CCC(c2nn(-c3ccc(Br)cc3)c3c2CCCCN3)CC1. The second-order valence-electron chi connectivity index (χ2n) is 7.06. The highest BCUT2D eigenvalue weighted by molar-refractivity contribution is 9.10. The van der Waals surface area contributed by atoms with Crippen LogP contribution in [0.15, 0.2) is 28.7 Å². The van der Waals surface area contributed by atoms with Crippen molar-refractivity contribution in [3.05, 3.63) is 40.0 Å². The molecule has 0 bridgehead atoms. The fourth-order valence-electron chi connectivity index (χ4n) is 3.91. The van der Waals surface area contributed by atoms with Crippen molar-refractivity contribution < 1.29 is 0 Å². The number of benzene rings is 1. The van der Waals surface area contributed by atoms with Crippen molar-refractivity contribution in [2.75, 3.05) is 32.0 Å². The number of rotatable bonds is 2. The quantitative estimate of drug-likeness (QED) is 0.836. The average Bonchev–Trinajstić information content (AvgIpc) is 2.78. The maximum atomic E-state index is 5.10. The van der Waals surface area contributed by atoms with Crippen molar-refractivity contribution in [3.63, 3.8) is 0 Å². The van der Waals surface area contributed by atoms with Crippen LogP contribution in [-0.4, -0.2) is 41.4 Å². The first-order valence-electron chi connectivity index (χ1n) is 9.02. The highest BCUT2D eigenvalue weighted by Crippen LogP contribution is 2.36. The third kappa shape index (κ3) is 3.11. The van der Waals surface area contributed by atoms with E-state index in [0.29, 0.717) is 5.92 Å². The molecule has 2 aliphatic rings. The molecular weight excluding hydrogens is 364 g/mol. The Morgan fingerprint density at radius 3 is 2.62 bits per heavy atom. The number of hydrogen-bond donors (Lipinski definition) is 1. The fraction of sp³-hybridized carbons (Fsp3) is 0.526. The Balaban J connectivity index is 1.75. The lowest BCUT2D eigenvalue weighted by atomic mass is 9.90. The predicted molar refractivity (Wildman–Crippen MR) is 102 cm³/mol. The minimum Gasteiger partial charge on any atom is -0.370 e. The molecule has 3 heterocycles. The molecule has 0 spiro atoms. The first kappa shape index (κ1) is 16.2. The van der Waals surface area contributed by atoms with E-state index in [1.807, 2.05) is 0 Å². The first-order chi connectivity index (χ1) is 11.7. The van der Waals surface area contributed by atoms with E-state index in [2.05, 4.69) is 62.1 Å². The van der Waals surface area contributed by atoms with Gasteiger partial charge in [0.2, 0.25) is 0 Å². The van der Waals surface area contributed by atoms with Crippen LogP contribution in [0.5, 0.6) is 0 Å². The molecule has 24 heavy (non-hydrogen) atoms. The van der Waals surface area contributed by atoms with Gasteiger partial charge >= 0.3 is 0 Å². The van der Waals surface area contributed by atoms with Gasteiger partial charge in [-0.2, -0.15) is 5.10 Å². The molecule has 0 unspecified atom stereocenters. The molecule has 128 valence electrons. The topological polar surface area (TPSA) is 33.1 Å². The van der Waals surface area contributed by atoms with Gasteiger partial charge < -0.3 is 10.2 Å². The molecule has 0 atom stereocenters. The first-order valence-corrected chi connectivity index (χ1v) is 9.82. The Morgan fingerprint density at radius 2 is 1.88 bits per heavy atom. The number of aromatic nitrogens is 2. The van der Waals surface area contributed by atoms with Crippen LogP contribution in [0.3, 0.4) is 0 Å². The molecule has 1 aromatic heterocycles. The third-order valence-electron chi connectivity index (χ3n) is 5.34. The third-order valence-corrected chi connectivity index (χ3v) is 5.87. The minimum atomic E-state index is 0.603. The Kier molecular flexibility index (Phi) is 4.63. The summed E-state index contributed by atoms with van der Waals surface area (Å²) >= 11 is 3.53. The van der Waals surface area contributed by atoms with E-state index in [1.54, 1.807) is 0 Å². The van der Waals surface area contributed by atoms with E-state index in [1.165, 1.54) is 55.8 Å². The van der Waals surface area contributed by atoms with Crippen LogP contribution in [0.1, 0.15) is 42.9 Å². The molecule has 0 radical (unpaired) electrons. The zero-order valence-electron chi connectivity index (χ0n) is 14.3. The summed E-state index contributed by atoms with van der Waals surface area (Å²) in [5.41, 5.74) is 3.95. The van der Waals surface area contributed by atoms with Gasteiger partial charge in [0.25, 0.3) is 0 Å². The summed E-state index contributed by atoms with van der Waals surface area (Å²) in [6.45, 7) is 3.40. The summed E-state index contributed by atoms with van der Waals surface area (Å²) in [5, 5.41) is 8.76. The van der Waals surface area contributed by atoms with Crippen LogP contribution in [0.25, 0.3) is 5.69 Å². The monoisotopic (exact) mass is 388 g/mol. The van der Waals surface area contributed by atoms with E-state index in [-0.39, 0.29) is 0 Å². The standard InChI is InChI=1S/C19H25BrN4/c1-23-12-9-14(10-13-23)18-17-4-2-3-11-21-19(17)24(22-18)16-7-5-15(20)6-8-16/h5-8,14,21H,2-4,9-13H2,1H3. The van der Waals surface area contributed by atoms with Crippen LogP contribution in [0, 0.1) is 0 Å². The van der Waals surface area contributed by atoms with E-state index < -0.39 is 0 Å². The molecule has 0 aliphatic carbocycles. The Labute approximate surface area is 152 Å². The fourth-order valence-corrected chi connectivity index (χ4v) is 4.17. The number of fused-ring (bicyclic) bond motifs is 1. The normalized spacial score (nSPS) is 19.6. The molecule has 5 heteroatoms. The zero-order chi connectivity index (χ0) is 16.5. The van der Waals surface area contributed by atoms with Gasteiger partial charge in [0.05, 0.1) is 11.4 Å². The van der Waals surface area contributed by atoms with Crippen LogP contribution in [-0.2, 0) is 6.42 Å². The number of nitrogens with one attached hydrogen (secondary N) is 1. The van der Waals surface area contributed by atoms with Crippen molar-refractivity contribution in [2.45, 2.75) is 38.0 Å². The Bertz CT molecular complexity index is 699. The van der Waals surface area contributed by atoms with Gasteiger partial charge in [-0.3, -0.25) is 0 Å². The number of piperidine rings is 1. The van der Waals surface area contributed by atoms with Gasteiger partial charge in [-0.1, -0.05) is 15.9 Å². The summed E-state index contributed by atoms with van der Waals surface area (Å²) in [6.07, 6.45) is 6.09. The van der Waals surface area contributed by atoms with Gasteiger partial charge in [0.1, 0.15) is 5.82 Å². The number of anilines is 1. The van der Waals surface area contributed by atoms with Crippen LogP contribution >= 0.6 is 15.9 Å². The lowest BCUT2D eigenvalue weighted by Crippen LogP contribution is -2.29. The largest absolute Gasteiger partial charge is 0.370 e. The lowest BCUT2D eigenvalue weighted by molar-refractivity contribution is 0.252. The lowest BCUT2D eigenvalue weighted by Gasteiger charge is -2.28. The van der Waals surface area contributed by atoms with Crippen molar-refractivity contribution >= 4 is 21.7 Å². The molecule has 0 amide bonds. The summed E-state index contributed by atoms with van der Waals surface area (Å²) < 4.78 is 3.24. The Morgan fingerprint density at radius 1 is 1.12 bits per heavy atom. The van der Waals surface area contributed by atoms with Crippen LogP contribution < -0.4 is 5.32 Å². The van der Waals surface area contributed by atoms with Crippen molar-refractivity contribution in [2.24, 2.45) is 0 Å². The molecule has 4 nitrogen and oxygen atoms in total. The van der Waals surface area contributed by atoms with Gasteiger partial charge in [0, 0.05) is 22.5 Å². The van der Waals surface area contributed by atoms with E-state index in [9.17, 15) is 0 Å². The molecule has 4 rings (SSSR count). The van der Waals surface area contributed by atoms with E-state index >= 15 is 0 Å². The van der Waals surface area contributed by atoms with E-state index in [0.717, 1.165) is 23.1 Å². The second-order valence-corrected chi connectivity index (χ2v) is 7.98. The number of halogens is 1. The summed E-state index contributed by atoms with van der Waals surface area (Å²) in [6, 6.07) is 8.47. The molecule has 2 aliphatic heterocycles. The van der Waals surface area contributed by atoms with Gasteiger partial charge in [-0.25, -0.2) is 4.68 Å². The molecule has 2 aromatic rings. The van der Waals surface area contributed by atoms with Gasteiger partial charge in [0.15, 0.2) is 0 Å². The maximum absolute atomic E-state index is 5.10. The second kappa shape index (κ2) is 6.89. The Hall–Kier alpha value is -1.33. The molecule has 0 saturated carbocycles. The van der Waals surface area contributed by atoms with Crippen LogP contribution in [0.4, 0.5) is 5.82 Å². The minimum absolute atomic E-state index is 0.603. The van der Waals surface area contributed by atoms with Crippen molar-refractivity contribution in [1.82, 2.24) is 14.7 Å². The summed E-state index contributed by atoms with van der Waals surface area (Å²) in [5.74, 6) is 1.83. The molecule has 1 saturated heterocycles. The summed E-state index contributed by atoms with van der Waals surface area (Å²) in [4.78, 5) is 2.43. The van der Waals surface area contributed by atoms with Crippen molar-refractivity contribution in [1.29, 1.82) is 0 Å². The average molecular weight is 389 g/mol. The number of likely N-dealkylation sites (tertiary alicyclic amines) is 1. The number of hydrogen-bond acceptors (Lipinski definition) is 3. The molecule has 1 fully saturated rings. The molecule has 1 aromatic carbocycles. The molecule has 1 N–H and O–H groups in total. The highest BCUT2D eigenvalue weighted by atomic mass is 79.9. The summed E-state index contributed by atoms with van der Waals surface area (Å²) in [7, 11) is 2.22. The number of nitrogens with zero attached hydrogens (tertiary/aromatic N) is 3. The van der Waals surface area contributed by atoms with Crippen LogP contribution in [0.2, 0.25) is 0 Å². The van der Waals surface area contributed by atoms with E-state index in [4.69, 9.17) is 5.10 Å². The van der Waals surface area contributed by atoms with Gasteiger partial charge in [-0.15, -0.1) is 0 Å². The maximum Gasteiger partial charge on any atom is 0.133 e. The molecular formula is C19H25BrN4. The predicted octanol–water partition coefficient (Wildman–Crippen LogP) is 4.19. The van der Waals surface area contributed by atoms with Gasteiger partial charge in [-0.05, 0) is 76.5 Å².